The predicted molar refractivity (Wildman–Crippen MR) is 95.7 cm³/mol. The molecule has 0 saturated heterocycles. The smallest absolute Gasteiger partial charge is 0.218 e. The van der Waals surface area contributed by atoms with Crippen molar-refractivity contribution in [1.29, 1.82) is 0 Å². The fourth-order valence-electron chi connectivity index (χ4n) is 1.62. The number of halogens is 2. The molecule has 0 saturated carbocycles. The molecule has 0 aromatic heterocycles. The van der Waals surface area contributed by atoms with Gasteiger partial charge in [0.1, 0.15) is 0 Å². The van der Waals surface area contributed by atoms with E-state index in [1.165, 1.54) is 0 Å². The third-order valence-electron chi connectivity index (χ3n) is 2.62. The monoisotopic (exact) mass is 337 g/mol. The standard InChI is InChI=1S/C15H16ClN5.ClH/c16-12-6-8-13(9-7-12)20-15(18)21-14(17)19-10-11-4-2-1-3-5-11;/h1-9H,10H2,(H5,17,18,19,20,21);1H. The fraction of sp³-hybridized carbons (Fsp3) is 0.0667. The lowest BCUT2D eigenvalue weighted by molar-refractivity contribution is 1.05. The third kappa shape index (κ3) is 6.03. The maximum atomic E-state index is 5.80. The second kappa shape index (κ2) is 8.92. The van der Waals surface area contributed by atoms with Crippen molar-refractivity contribution in [3.8, 4) is 0 Å². The van der Waals surface area contributed by atoms with Crippen LogP contribution in [0, 0.1) is 0 Å². The summed E-state index contributed by atoms with van der Waals surface area (Å²) in [6, 6.07) is 16.9. The molecule has 0 heterocycles. The largest absolute Gasteiger partial charge is 0.369 e. The minimum absolute atomic E-state index is 0. The van der Waals surface area contributed by atoms with E-state index in [1.807, 2.05) is 30.3 Å². The summed E-state index contributed by atoms with van der Waals surface area (Å²) < 4.78 is 0. The second-order valence-corrected chi connectivity index (χ2v) is 4.73. The van der Waals surface area contributed by atoms with E-state index in [0.717, 1.165) is 11.3 Å². The first-order valence-corrected chi connectivity index (χ1v) is 6.72. The van der Waals surface area contributed by atoms with Crippen molar-refractivity contribution >= 4 is 41.6 Å². The molecule has 0 aliphatic carbocycles. The van der Waals surface area contributed by atoms with Gasteiger partial charge in [0.25, 0.3) is 0 Å². The fourth-order valence-corrected chi connectivity index (χ4v) is 1.75. The van der Waals surface area contributed by atoms with Crippen LogP contribution in [0.2, 0.25) is 5.02 Å². The Morgan fingerprint density at radius 1 is 1.00 bits per heavy atom. The van der Waals surface area contributed by atoms with Gasteiger partial charge in [0, 0.05) is 10.7 Å². The minimum atomic E-state index is 0. The minimum Gasteiger partial charge on any atom is -0.369 e. The molecule has 0 bridgehead atoms. The number of benzene rings is 2. The molecule has 22 heavy (non-hydrogen) atoms. The number of rotatable bonds is 3. The molecule has 5 N–H and O–H groups in total. The number of nitrogens with zero attached hydrogens (tertiary/aromatic N) is 2. The van der Waals surface area contributed by atoms with Crippen LogP contribution in [-0.4, -0.2) is 11.9 Å². The topological polar surface area (TPSA) is 88.8 Å². The Morgan fingerprint density at radius 2 is 1.64 bits per heavy atom. The summed E-state index contributed by atoms with van der Waals surface area (Å²) in [7, 11) is 0. The quantitative estimate of drug-likeness (QED) is 0.594. The lowest BCUT2D eigenvalue weighted by Crippen LogP contribution is -2.26. The molecule has 7 heteroatoms. The van der Waals surface area contributed by atoms with Gasteiger partial charge in [-0.2, -0.15) is 4.99 Å². The summed E-state index contributed by atoms with van der Waals surface area (Å²) in [5, 5.41) is 3.56. The van der Waals surface area contributed by atoms with E-state index in [2.05, 4.69) is 15.3 Å². The van der Waals surface area contributed by atoms with Gasteiger partial charge in [0.15, 0.2) is 0 Å². The van der Waals surface area contributed by atoms with Gasteiger partial charge in [0.2, 0.25) is 11.9 Å². The van der Waals surface area contributed by atoms with Gasteiger partial charge in [-0.15, -0.1) is 12.4 Å². The lowest BCUT2D eigenvalue weighted by Gasteiger charge is -2.05. The van der Waals surface area contributed by atoms with E-state index < -0.39 is 0 Å². The van der Waals surface area contributed by atoms with Gasteiger partial charge in [-0.3, -0.25) is 0 Å². The first-order chi connectivity index (χ1) is 10.1. The van der Waals surface area contributed by atoms with Crippen LogP contribution in [0.3, 0.4) is 0 Å². The molecular weight excluding hydrogens is 321 g/mol. The van der Waals surface area contributed by atoms with Crippen molar-refractivity contribution in [2.45, 2.75) is 6.54 Å². The van der Waals surface area contributed by atoms with Crippen LogP contribution in [0.25, 0.3) is 0 Å². The van der Waals surface area contributed by atoms with Crippen molar-refractivity contribution in [2.24, 2.45) is 21.5 Å². The summed E-state index contributed by atoms with van der Waals surface area (Å²) >= 11 is 5.80. The van der Waals surface area contributed by atoms with Crippen molar-refractivity contribution in [3.05, 3.63) is 65.2 Å². The highest BCUT2D eigenvalue weighted by molar-refractivity contribution is 6.30. The number of hydrogen-bond donors (Lipinski definition) is 3. The normalized spacial score (nSPS) is 11.7. The average molecular weight is 338 g/mol. The van der Waals surface area contributed by atoms with Gasteiger partial charge < -0.3 is 16.8 Å². The average Bonchev–Trinajstić information content (AvgIpc) is 2.48. The molecule has 5 nitrogen and oxygen atoms in total. The van der Waals surface area contributed by atoms with Crippen LogP contribution in [0.15, 0.2) is 64.6 Å². The Morgan fingerprint density at radius 3 is 2.27 bits per heavy atom. The molecule has 2 aromatic rings. The zero-order chi connectivity index (χ0) is 15.1. The molecule has 2 rings (SSSR count). The van der Waals surface area contributed by atoms with Crippen LogP contribution in [-0.2, 0) is 6.54 Å². The number of hydrogen-bond acceptors (Lipinski definition) is 1. The van der Waals surface area contributed by atoms with E-state index in [1.54, 1.807) is 24.3 Å². The summed E-state index contributed by atoms with van der Waals surface area (Å²) in [6.45, 7) is 0.463. The van der Waals surface area contributed by atoms with Crippen LogP contribution in [0.4, 0.5) is 5.69 Å². The van der Waals surface area contributed by atoms with Crippen molar-refractivity contribution in [1.82, 2.24) is 0 Å². The highest BCUT2D eigenvalue weighted by Gasteiger charge is 1.97. The molecule has 0 atom stereocenters. The van der Waals surface area contributed by atoms with E-state index in [4.69, 9.17) is 23.1 Å². The summed E-state index contributed by atoms with van der Waals surface area (Å²) in [6.07, 6.45) is 0. The number of guanidine groups is 2. The molecule has 2 aromatic carbocycles. The first kappa shape index (κ1) is 17.8. The number of aliphatic imine (C=N–C) groups is 2. The number of nitrogens with two attached hydrogens (primary N) is 2. The van der Waals surface area contributed by atoms with E-state index in [-0.39, 0.29) is 24.3 Å². The van der Waals surface area contributed by atoms with Gasteiger partial charge in [-0.05, 0) is 29.8 Å². The molecule has 116 valence electrons. The molecule has 0 aliphatic heterocycles. The SMILES string of the molecule is Cl.NC(=NCc1ccccc1)/N=C(\N)Nc1ccc(Cl)cc1. The second-order valence-electron chi connectivity index (χ2n) is 4.29. The first-order valence-electron chi connectivity index (χ1n) is 6.34. The molecular formula is C15H17Cl2N5. The Kier molecular flexibility index (Phi) is 7.22. The predicted octanol–water partition coefficient (Wildman–Crippen LogP) is 3.00. The van der Waals surface area contributed by atoms with E-state index >= 15 is 0 Å². The molecule has 0 amide bonds. The zero-order valence-electron chi connectivity index (χ0n) is 11.7. The molecule has 0 radical (unpaired) electrons. The van der Waals surface area contributed by atoms with Crippen LogP contribution in [0.5, 0.6) is 0 Å². The van der Waals surface area contributed by atoms with Crippen LogP contribution >= 0.6 is 24.0 Å². The summed E-state index contributed by atoms with van der Waals surface area (Å²) in [5.74, 6) is 0.296. The summed E-state index contributed by atoms with van der Waals surface area (Å²) in [5.41, 5.74) is 13.3. The molecule has 0 unspecified atom stereocenters. The van der Waals surface area contributed by atoms with Gasteiger partial charge >= 0.3 is 0 Å². The Labute approximate surface area is 140 Å². The van der Waals surface area contributed by atoms with E-state index in [9.17, 15) is 0 Å². The van der Waals surface area contributed by atoms with Crippen LogP contribution in [0.1, 0.15) is 5.56 Å². The molecule has 0 spiro atoms. The van der Waals surface area contributed by atoms with E-state index in [0.29, 0.717) is 11.6 Å². The van der Waals surface area contributed by atoms with Crippen molar-refractivity contribution in [2.75, 3.05) is 5.32 Å². The Hall–Kier alpha value is -2.24. The van der Waals surface area contributed by atoms with Gasteiger partial charge in [0.05, 0.1) is 6.54 Å². The highest BCUT2D eigenvalue weighted by atomic mass is 35.5. The molecule has 0 aliphatic rings. The Bertz CT molecular complexity index is 639. The van der Waals surface area contributed by atoms with Crippen molar-refractivity contribution < 1.29 is 0 Å². The van der Waals surface area contributed by atoms with Crippen LogP contribution < -0.4 is 16.8 Å². The van der Waals surface area contributed by atoms with Gasteiger partial charge in [-0.25, -0.2) is 4.99 Å². The third-order valence-corrected chi connectivity index (χ3v) is 2.87. The number of nitrogens with one attached hydrogen (secondary N) is 1. The maximum Gasteiger partial charge on any atom is 0.218 e. The Balaban J connectivity index is 0.00000242. The van der Waals surface area contributed by atoms with Crippen molar-refractivity contribution in [3.63, 3.8) is 0 Å². The zero-order valence-corrected chi connectivity index (χ0v) is 13.3. The highest BCUT2D eigenvalue weighted by Crippen LogP contribution is 2.12. The van der Waals surface area contributed by atoms with Gasteiger partial charge in [-0.1, -0.05) is 41.9 Å². The molecule has 0 fully saturated rings. The summed E-state index contributed by atoms with van der Waals surface area (Å²) in [4.78, 5) is 8.14. The lowest BCUT2D eigenvalue weighted by atomic mass is 10.2. The number of anilines is 1. The maximum absolute atomic E-state index is 5.80.